The number of anilines is 1. The molecule has 0 fully saturated rings. The number of carbonyl (C=O) groups excluding carboxylic acids is 1. The SMILES string of the molecule is CCOc1ccc(NC(=O)C(F)(F)C(F)(F)C(F)(F)C(F)(F)C(F)(F)C(F)F)cc1. The molecule has 30 heavy (non-hydrogen) atoms. The topological polar surface area (TPSA) is 38.3 Å². The van der Waals surface area contributed by atoms with E-state index in [-0.39, 0.29) is 12.4 Å². The van der Waals surface area contributed by atoms with Crippen LogP contribution in [0.3, 0.4) is 0 Å². The molecule has 0 saturated carbocycles. The molecular weight excluding hydrogens is 454 g/mol. The first-order valence-electron chi connectivity index (χ1n) is 7.59. The van der Waals surface area contributed by atoms with E-state index in [0.717, 1.165) is 29.6 Å². The van der Waals surface area contributed by atoms with Gasteiger partial charge in [0.25, 0.3) is 0 Å². The van der Waals surface area contributed by atoms with Crippen molar-refractivity contribution >= 4 is 11.6 Å². The van der Waals surface area contributed by atoms with Crippen molar-refractivity contribution in [3.05, 3.63) is 24.3 Å². The summed E-state index contributed by atoms with van der Waals surface area (Å²) in [6.45, 7) is 1.69. The fourth-order valence-electron chi connectivity index (χ4n) is 1.89. The van der Waals surface area contributed by atoms with Gasteiger partial charge in [0.15, 0.2) is 0 Å². The van der Waals surface area contributed by atoms with E-state index in [1.807, 2.05) is 0 Å². The van der Waals surface area contributed by atoms with Gasteiger partial charge in [0.1, 0.15) is 5.75 Å². The van der Waals surface area contributed by atoms with Crippen molar-refractivity contribution in [2.24, 2.45) is 0 Å². The number of rotatable bonds is 9. The Labute approximate surface area is 160 Å². The molecule has 0 aliphatic carbocycles. The zero-order valence-corrected chi connectivity index (χ0v) is 14.4. The first-order chi connectivity index (χ1) is 13.4. The zero-order chi connectivity index (χ0) is 23.8. The Morgan fingerprint density at radius 2 is 1.33 bits per heavy atom. The maximum atomic E-state index is 13.7. The lowest BCUT2D eigenvalue weighted by Crippen LogP contribution is -2.70. The Kier molecular flexibility index (Phi) is 6.90. The highest BCUT2D eigenvalue weighted by Gasteiger charge is 2.89. The fraction of sp³-hybridized carbons (Fsp3) is 0.533. The van der Waals surface area contributed by atoms with Crippen molar-refractivity contribution in [3.63, 3.8) is 0 Å². The number of hydrogen-bond donors (Lipinski definition) is 1. The van der Waals surface area contributed by atoms with E-state index in [4.69, 9.17) is 4.74 Å². The molecule has 1 N–H and O–H groups in total. The maximum absolute atomic E-state index is 13.7. The van der Waals surface area contributed by atoms with Gasteiger partial charge in [0, 0.05) is 5.69 Å². The highest BCUT2D eigenvalue weighted by atomic mass is 19.4. The van der Waals surface area contributed by atoms with Crippen molar-refractivity contribution in [1.29, 1.82) is 0 Å². The van der Waals surface area contributed by atoms with E-state index in [1.165, 1.54) is 0 Å². The van der Waals surface area contributed by atoms with Gasteiger partial charge in [-0.25, -0.2) is 8.78 Å². The second-order valence-corrected chi connectivity index (χ2v) is 5.63. The minimum Gasteiger partial charge on any atom is -0.494 e. The van der Waals surface area contributed by atoms with Crippen LogP contribution >= 0.6 is 0 Å². The predicted octanol–water partition coefficient (Wildman–Crippen LogP) is 5.47. The molecule has 1 amide bonds. The van der Waals surface area contributed by atoms with Crippen molar-refractivity contribution in [1.82, 2.24) is 0 Å². The van der Waals surface area contributed by atoms with E-state index in [0.29, 0.717) is 0 Å². The van der Waals surface area contributed by atoms with Gasteiger partial charge < -0.3 is 10.1 Å². The number of amides is 1. The molecule has 0 aromatic heterocycles. The van der Waals surface area contributed by atoms with Crippen molar-refractivity contribution in [3.8, 4) is 5.75 Å². The van der Waals surface area contributed by atoms with E-state index in [9.17, 15) is 57.5 Å². The van der Waals surface area contributed by atoms with Crippen molar-refractivity contribution < 1.29 is 62.2 Å². The highest BCUT2D eigenvalue weighted by Crippen LogP contribution is 2.58. The van der Waals surface area contributed by atoms with Crippen LogP contribution in [0.4, 0.5) is 58.4 Å². The lowest BCUT2D eigenvalue weighted by atomic mass is 9.94. The quantitative estimate of drug-likeness (QED) is 0.492. The molecule has 0 aliphatic heterocycles. The lowest BCUT2D eigenvalue weighted by molar-refractivity contribution is -0.406. The molecule has 0 aliphatic rings. The van der Waals surface area contributed by atoms with Gasteiger partial charge in [0.2, 0.25) is 0 Å². The molecule has 0 saturated heterocycles. The summed E-state index contributed by atoms with van der Waals surface area (Å²) >= 11 is 0. The number of ether oxygens (including phenoxy) is 1. The van der Waals surface area contributed by atoms with E-state index < -0.39 is 47.6 Å². The van der Waals surface area contributed by atoms with Gasteiger partial charge in [0.05, 0.1) is 6.61 Å². The first kappa shape index (κ1) is 25.7. The monoisotopic (exact) mass is 465 g/mol. The molecule has 0 spiro atoms. The Hall–Kier alpha value is -2.35. The van der Waals surface area contributed by atoms with Gasteiger partial charge in [-0.15, -0.1) is 0 Å². The molecule has 15 heteroatoms. The lowest BCUT2D eigenvalue weighted by Gasteiger charge is -2.38. The number of alkyl halides is 12. The van der Waals surface area contributed by atoms with Crippen LogP contribution in [0.25, 0.3) is 0 Å². The number of carbonyl (C=O) groups is 1. The third kappa shape index (κ3) is 3.97. The van der Waals surface area contributed by atoms with Crippen LogP contribution in [0.1, 0.15) is 6.92 Å². The van der Waals surface area contributed by atoms with Crippen LogP contribution in [-0.4, -0.2) is 48.6 Å². The molecule has 0 bridgehead atoms. The average molecular weight is 465 g/mol. The molecule has 1 aromatic rings. The van der Waals surface area contributed by atoms with Gasteiger partial charge in [-0.3, -0.25) is 4.79 Å². The molecule has 0 heterocycles. The maximum Gasteiger partial charge on any atom is 0.393 e. The van der Waals surface area contributed by atoms with Crippen LogP contribution in [0.15, 0.2) is 24.3 Å². The smallest absolute Gasteiger partial charge is 0.393 e. The Bertz CT molecular complexity index is 748. The van der Waals surface area contributed by atoms with E-state index in [2.05, 4.69) is 0 Å². The van der Waals surface area contributed by atoms with Gasteiger partial charge >= 0.3 is 41.9 Å². The molecular formula is C15H11F12NO2. The van der Waals surface area contributed by atoms with Gasteiger partial charge in [-0.05, 0) is 31.2 Å². The van der Waals surface area contributed by atoms with Crippen molar-refractivity contribution in [2.45, 2.75) is 43.0 Å². The highest BCUT2D eigenvalue weighted by molar-refractivity contribution is 5.97. The first-order valence-corrected chi connectivity index (χ1v) is 7.59. The third-order valence-electron chi connectivity index (χ3n) is 3.58. The zero-order valence-electron chi connectivity index (χ0n) is 14.4. The molecule has 1 aromatic carbocycles. The summed E-state index contributed by atoms with van der Waals surface area (Å²) in [5, 5.41) is 1.00. The van der Waals surface area contributed by atoms with Crippen LogP contribution in [0.2, 0.25) is 0 Å². The summed E-state index contributed by atoms with van der Waals surface area (Å²) < 4.78 is 162. The summed E-state index contributed by atoms with van der Waals surface area (Å²) in [5.41, 5.74) is -0.716. The summed E-state index contributed by atoms with van der Waals surface area (Å²) in [5.74, 6) is -39.9. The molecule has 3 nitrogen and oxygen atoms in total. The number of hydrogen-bond acceptors (Lipinski definition) is 2. The number of nitrogens with one attached hydrogen (secondary N) is 1. The molecule has 172 valence electrons. The van der Waals surface area contributed by atoms with Crippen molar-refractivity contribution in [2.75, 3.05) is 11.9 Å². The molecule has 0 unspecified atom stereocenters. The minimum absolute atomic E-state index is 0.105. The summed E-state index contributed by atoms with van der Waals surface area (Å²) in [4.78, 5) is 11.4. The standard InChI is InChI=1S/C15H11F12NO2/c1-2-30-8-5-3-7(4-6-8)28-10(29)12(20,21)14(24,25)15(26,27)13(22,23)11(18,19)9(16)17/h3-6,9H,2H2,1H3,(H,28,29). The van der Waals surface area contributed by atoms with Gasteiger partial charge in [-0.1, -0.05) is 0 Å². The summed E-state index contributed by atoms with van der Waals surface area (Å²) in [7, 11) is 0. The van der Waals surface area contributed by atoms with Crippen LogP contribution in [-0.2, 0) is 4.79 Å². The minimum atomic E-state index is -7.76. The van der Waals surface area contributed by atoms with E-state index >= 15 is 0 Å². The third-order valence-corrected chi connectivity index (χ3v) is 3.58. The Balaban J connectivity index is 3.25. The normalized spacial score (nSPS) is 14.1. The number of benzene rings is 1. The number of halogens is 12. The second-order valence-electron chi connectivity index (χ2n) is 5.63. The van der Waals surface area contributed by atoms with Gasteiger partial charge in [-0.2, -0.15) is 43.9 Å². The summed E-state index contributed by atoms with van der Waals surface area (Å²) in [6, 6.07) is 3.58. The average Bonchev–Trinajstić information content (AvgIpc) is 2.62. The Morgan fingerprint density at radius 3 is 1.73 bits per heavy atom. The Morgan fingerprint density at radius 1 is 0.867 bits per heavy atom. The predicted molar refractivity (Wildman–Crippen MR) is 77.0 cm³/mol. The van der Waals surface area contributed by atoms with E-state index in [1.54, 1.807) is 6.92 Å². The molecule has 0 atom stereocenters. The fourth-order valence-corrected chi connectivity index (χ4v) is 1.89. The largest absolute Gasteiger partial charge is 0.494 e. The molecule has 0 radical (unpaired) electrons. The second kappa shape index (κ2) is 8.06. The van der Waals surface area contributed by atoms with Crippen LogP contribution < -0.4 is 10.1 Å². The van der Waals surface area contributed by atoms with Crippen LogP contribution in [0.5, 0.6) is 5.75 Å². The van der Waals surface area contributed by atoms with Crippen LogP contribution in [0, 0.1) is 0 Å². The summed E-state index contributed by atoms with van der Waals surface area (Å²) in [6.07, 6.45) is -5.61. The molecule has 1 rings (SSSR count).